The largest absolute Gasteiger partial charge is 0.455 e. The first-order chi connectivity index (χ1) is 24.8. The fraction of sp³-hybridized carbons (Fsp3) is 0. The van der Waals surface area contributed by atoms with Gasteiger partial charge in [0.2, 0.25) is 0 Å². The van der Waals surface area contributed by atoms with Crippen molar-refractivity contribution in [3.05, 3.63) is 164 Å². The minimum absolute atomic E-state index is 0.580. The van der Waals surface area contributed by atoms with Gasteiger partial charge >= 0.3 is 0 Å². The van der Waals surface area contributed by atoms with E-state index in [2.05, 4.69) is 103 Å². The molecule has 0 aliphatic rings. The number of benzene rings is 7. The van der Waals surface area contributed by atoms with Crippen molar-refractivity contribution in [2.75, 3.05) is 0 Å². The molecule has 50 heavy (non-hydrogen) atoms. The first-order valence-corrected chi connectivity index (χ1v) is 17.4. The molecular weight excluding hydrogens is 631 g/mol. The maximum atomic E-state index is 6.40. The van der Waals surface area contributed by atoms with Crippen LogP contribution in [0.3, 0.4) is 0 Å². The van der Waals surface area contributed by atoms with Crippen molar-refractivity contribution < 1.29 is 4.42 Å². The van der Waals surface area contributed by atoms with Crippen LogP contribution in [-0.2, 0) is 0 Å². The highest BCUT2D eigenvalue weighted by Gasteiger charge is 2.19. The summed E-state index contributed by atoms with van der Waals surface area (Å²) in [6.07, 6.45) is 0. The van der Waals surface area contributed by atoms with E-state index in [1.54, 1.807) is 11.3 Å². The van der Waals surface area contributed by atoms with Crippen molar-refractivity contribution in [3.8, 4) is 56.4 Å². The zero-order chi connectivity index (χ0) is 33.0. The van der Waals surface area contributed by atoms with E-state index in [0.29, 0.717) is 17.5 Å². The average molecular weight is 658 g/mol. The highest BCUT2D eigenvalue weighted by atomic mass is 32.1. The fourth-order valence-corrected chi connectivity index (χ4v) is 8.11. The van der Waals surface area contributed by atoms with Gasteiger partial charge in [0.25, 0.3) is 0 Å². The molecule has 0 aliphatic heterocycles. The maximum Gasteiger partial charge on any atom is 0.167 e. The lowest BCUT2D eigenvalue weighted by atomic mass is 9.97. The SMILES string of the molecule is c1ccc(-c2ccc(-c3cccc4sc5cc(-c6nc(-c7ccccc7)nc(-c7cccc8c7oc7ccccc78)n6)ccc5c34)cc2)cc1. The topological polar surface area (TPSA) is 51.8 Å². The van der Waals surface area contributed by atoms with E-state index >= 15 is 0 Å². The standard InChI is InChI=1S/C45H27N3OS/c1-3-11-28(12-4-1)29-21-23-30(24-22-29)33-16-10-20-39-41(33)36-26-25-32(27-40(36)50-39)44-46-43(31-13-5-2-6-14-31)47-45(48-44)37-18-9-17-35-34-15-7-8-19-38(34)49-42(35)37/h1-27H. The van der Waals surface area contributed by atoms with Crippen LogP contribution in [0.15, 0.2) is 168 Å². The number of fused-ring (bicyclic) bond motifs is 6. The molecule has 10 aromatic rings. The average Bonchev–Trinajstić information content (AvgIpc) is 3.77. The number of furan rings is 1. The Bertz CT molecular complexity index is 2860. The third-order valence-electron chi connectivity index (χ3n) is 9.37. The summed E-state index contributed by atoms with van der Waals surface area (Å²) in [5, 5.41) is 4.60. The second-order valence-electron chi connectivity index (χ2n) is 12.4. The Hall–Kier alpha value is -6.43. The molecule has 0 fully saturated rings. The first-order valence-electron chi connectivity index (χ1n) is 16.6. The smallest absolute Gasteiger partial charge is 0.167 e. The predicted molar refractivity (Wildman–Crippen MR) is 207 cm³/mol. The Kier molecular flexibility index (Phi) is 6.64. The summed E-state index contributed by atoms with van der Waals surface area (Å²) in [6, 6.07) is 56.9. The Morgan fingerprint density at radius 1 is 0.380 bits per heavy atom. The summed E-state index contributed by atoms with van der Waals surface area (Å²) in [5.41, 5.74) is 9.19. The predicted octanol–water partition coefficient (Wildman–Crippen LogP) is 12.5. The van der Waals surface area contributed by atoms with E-state index in [1.165, 1.54) is 42.4 Å². The third kappa shape index (κ3) is 4.79. The van der Waals surface area contributed by atoms with E-state index in [9.17, 15) is 0 Å². The number of hydrogen-bond acceptors (Lipinski definition) is 5. The molecule has 0 saturated heterocycles. The van der Waals surface area contributed by atoms with Gasteiger partial charge in [-0.05, 0) is 46.5 Å². The van der Waals surface area contributed by atoms with Crippen molar-refractivity contribution >= 4 is 53.4 Å². The number of rotatable bonds is 5. The van der Waals surface area contributed by atoms with Crippen molar-refractivity contribution in [2.45, 2.75) is 0 Å². The van der Waals surface area contributed by atoms with E-state index in [0.717, 1.165) is 38.6 Å². The van der Waals surface area contributed by atoms with Crippen molar-refractivity contribution in [1.29, 1.82) is 0 Å². The molecule has 0 radical (unpaired) electrons. The Balaban J connectivity index is 1.11. The number of hydrogen-bond donors (Lipinski definition) is 0. The van der Waals surface area contributed by atoms with Gasteiger partial charge in [-0.3, -0.25) is 0 Å². The van der Waals surface area contributed by atoms with E-state index < -0.39 is 0 Å². The van der Waals surface area contributed by atoms with E-state index in [-0.39, 0.29) is 0 Å². The Labute approximate surface area is 292 Å². The highest BCUT2D eigenvalue weighted by Crippen LogP contribution is 2.42. The van der Waals surface area contributed by atoms with Crippen molar-refractivity contribution in [3.63, 3.8) is 0 Å². The van der Waals surface area contributed by atoms with Gasteiger partial charge in [0, 0.05) is 42.1 Å². The number of aromatic nitrogens is 3. The zero-order valence-electron chi connectivity index (χ0n) is 26.7. The molecule has 0 aliphatic carbocycles. The second kappa shape index (κ2) is 11.6. The molecule has 0 atom stereocenters. The third-order valence-corrected chi connectivity index (χ3v) is 10.5. The van der Waals surface area contributed by atoms with Crippen LogP contribution >= 0.6 is 11.3 Å². The van der Waals surface area contributed by atoms with Crippen molar-refractivity contribution in [2.24, 2.45) is 0 Å². The van der Waals surface area contributed by atoms with Gasteiger partial charge < -0.3 is 4.42 Å². The molecule has 10 rings (SSSR count). The van der Waals surface area contributed by atoms with E-state index in [4.69, 9.17) is 19.4 Å². The maximum absolute atomic E-state index is 6.40. The number of nitrogens with zero attached hydrogens (tertiary/aromatic N) is 3. The molecule has 0 bridgehead atoms. The summed E-state index contributed by atoms with van der Waals surface area (Å²) in [7, 11) is 0. The molecular formula is C45H27N3OS. The van der Waals surface area contributed by atoms with Gasteiger partial charge in [0.1, 0.15) is 11.2 Å². The summed E-state index contributed by atoms with van der Waals surface area (Å²) in [5.74, 6) is 1.82. The minimum atomic E-state index is 0.580. The second-order valence-corrected chi connectivity index (χ2v) is 13.5. The van der Waals surface area contributed by atoms with Crippen LogP contribution in [-0.4, -0.2) is 15.0 Å². The molecule has 0 spiro atoms. The molecule has 234 valence electrons. The fourth-order valence-electron chi connectivity index (χ4n) is 6.94. The number of thiophene rings is 1. The van der Waals surface area contributed by atoms with Gasteiger partial charge in [-0.2, -0.15) is 0 Å². The highest BCUT2D eigenvalue weighted by molar-refractivity contribution is 7.26. The minimum Gasteiger partial charge on any atom is -0.455 e. The molecule has 0 N–H and O–H groups in total. The van der Waals surface area contributed by atoms with Crippen LogP contribution in [0.2, 0.25) is 0 Å². The molecule has 5 heteroatoms. The molecule has 7 aromatic carbocycles. The summed E-state index contributed by atoms with van der Waals surface area (Å²) in [4.78, 5) is 15.1. The summed E-state index contributed by atoms with van der Waals surface area (Å²) >= 11 is 1.80. The van der Waals surface area contributed by atoms with E-state index in [1.807, 2.05) is 60.7 Å². The lowest BCUT2D eigenvalue weighted by molar-refractivity contribution is 0.669. The Morgan fingerprint density at radius 2 is 0.980 bits per heavy atom. The van der Waals surface area contributed by atoms with Crippen LogP contribution < -0.4 is 0 Å². The van der Waals surface area contributed by atoms with Crippen LogP contribution in [0.4, 0.5) is 0 Å². The van der Waals surface area contributed by atoms with Gasteiger partial charge in [0.15, 0.2) is 17.5 Å². The lowest BCUT2D eigenvalue weighted by Crippen LogP contribution is -2.00. The van der Waals surface area contributed by atoms with Crippen molar-refractivity contribution in [1.82, 2.24) is 15.0 Å². The first kappa shape index (κ1) is 28.6. The summed E-state index contributed by atoms with van der Waals surface area (Å²) in [6.45, 7) is 0. The normalized spacial score (nSPS) is 11.6. The van der Waals surface area contributed by atoms with Gasteiger partial charge in [-0.1, -0.05) is 140 Å². The van der Waals surface area contributed by atoms with Gasteiger partial charge in [-0.25, -0.2) is 15.0 Å². The molecule has 0 amide bonds. The molecule has 3 heterocycles. The quantitative estimate of drug-likeness (QED) is 0.185. The monoisotopic (exact) mass is 657 g/mol. The molecule has 3 aromatic heterocycles. The molecule has 0 unspecified atom stereocenters. The summed E-state index contributed by atoms with van der Waals surface area (Å²) < 4.78 is 8.84. The van der Waals surface area contributed by atoms with Gasteiger partial charge in [-0.15, -0.1) is 11.3 Å². The van der Waals surface area contributed by atoms with Crippen LogP contribution in [0.1, 0.15) is 0 Å². The van der Waals surface area contributed by atoms with Crippen LogP contribution in [0.25, 0.3) is 98.5 Å². The molecule has 4 nitrogen and oxygen atoms in total. The zero-order valence-corrected chi connectivity index (χ0v) is 27.6. The molecule has 0 saturated carbocycles. The van der Waals surface area contributed by atoms with Gasteiger partial charge in [0.05, 0.1) is 5.56 Å². The Morgan fingerprint density at radius 3 is 1.80 bits per heavy atom. The van der Waals surface area contributed by atoms with Crippen LogP contribution in [0, 0.1) is 0 Å². The number of para-hydroxylation sites is 2. The van der Waals surface area contributed by atoms with Crippen LogP contribution in [0.5, 0.6) is 0 Å². The lowest BCUT2D eigenvalue weighted by Gasteiger charge is -2.09.